The molecule has 6 nitrogen and oxygen atoms in total. The van der Waals surface area contributed by atoms with Gasteiger partial charge in [-0.25, -0.2) is 0 Å². The van der Waals surface area contributed by atoms with Gasteiger partial charge < -0.3 is 16.8 Å². The van der Waals surface area contributed by atoms with Gasteiger partial charge in [-0.15, -0.1) is 0 Å². The topological polar surface area (TPSA) is 101 Å². The third-order valence-electron chi connectivity index (χ3n) is 3.51. The molecule has 0 radical (unpaired) electrons. The first-order valence-corrected chi connectivity index (χ1v) is 6.72. The monoisotopic (exact) mass is 276 g/mol. The van der Waals surface area contributed by atoms with Crippen molar-refractivity contribution in [3.05, 3.63) is 29.8 Å². The summed E-state index contributed by atoms with van der Waals surface area (Å²) < 4.78 is 0. The van der Waals surface area contributed by atoms with Crippen LogP contribution in [0.4, 0.5) is 5.69 Å². The van der Waals surface area contributed by atoms with Crippen molar-refractivity contribution in [2.75, 3.05) is 25.4 Å². The number of para-hydroxylation sites is 1. The molecule has 0 spiro atoms. The number of piperidine rings is 1. The Morgan fingerprint density at radius 2 is 1.90 bits per heavy atom. The Hall–Kier alpha value is -2.08. The van der Waals surface area contributed by atoms with Gasteiger partial charge in [0.25, 0.3) is 5.91 Å². The van der Waals surface area contributed by atoms with E-state index in [0.29, 0.717) is 11.3 Å². The molecule has 2 amide bonds. The Balaban J connectivity index is 1.85. The number of likely N-dealkylation sites (tertiary alicyclic amines) is 1. The normalized spacial score (nSPS) is 16.8. The minimum Gasteiger partial charge on any atom is -0.398 e. The molecular weight excluding hydrogens is 256 g/mol. The van der Waals surface area contributed by atoms with Crippen LogP contribution in [0.3, 0.4) is 0 Å². The number of nitrogen functional groups attached to an aromatic ring is 1. The van der Waals surface area contributed by atoms with Crippen molar-refractivity contribution in [2.24, 2.45) is 5.73 Å². The lowest BCUT2D eigenvalue weighted by molar-refractivity contribution is -0.119. The average Bonchev–Trinajstić information content (AvgIpc) is 2.41. The van der Waals surface area contributed by atoms with E-state index in [9.17, 15) is 9.59 Å². The summed E-state index contributed by atoms with van der Waals surface area (Å²) in [5.41, 5.74) is 11.9. The Labute approximate surface area is 118 Å². The predicted molar refractivity (Wildman–Crippen MR) is 77.0 cm³/mol. The number of primary amides is 1. The molecule has 1 heterocycles. The molecule has 0 aromatic heterocycles. The maximum absolute atomic E-state index is 12.1. The van der Waals surface area contributed by atoms with Crippen LogP contribution < -0.4 is 16.8 Å². The highest BCUT2D eigenvalue weighted by atomic mass is 16.2. The summed E-state index contributed by atoms with van der Waals surface area (Å²) in [6.45, 7) is 1.81. The summed E-state index contributed by atoms with van der Waals surface area (Å²) in [6, 6.07) is 7.14. The molecule has 1 aliphatic rings. The number of rotatable bonds is 4. The van der Waals surface area contributed by atoms with Crippen LogP contribution in [0, 0.1) is 0 Å². The fraction of sp³-hybridized carbons (Fsp3) is 0.429. The lowest BCUT2D eigenvalue weighted by Gasteiger charge is -2.31. The van der Waals surface area contributed by atoms with Crippen LogP contribution in [0.25, 0.3) is 0 Å². The van der Waals surface area contributed by atoms with Crippen molar-refractivity contribution in [2.45, 2.75) is 18.9 Å². The SMILES string of the molecule is NC(=O)CN1CCC(NC(=O)c2ccccc2N)CC1. The number of carbonyl (C=O) groups is 2. The van der Waals surface area contributed by atoms with Gasteiger partial charge in [0.05, 0.1) is 12.1 Å². The van der Waals surface area contributed by atoms with Gasteiger partial charge in [-0.2, -0.15) is 0 Å². The van der Waals surface area contributed by atoms with Gasteiger partial charge in [0.15, 0.2) is 0 Å². The number of nitrogens with two attached hydrogens (primary N) is 2. The Morgan fingerprint density at radius 3 is 2.50 bits per heavy atom. The second-order valence-electron chi connectivity index (χ2n) is 5.08. The van der Waals surface area contributed by atoms with E-state index >= 15 is 0 Å². The average molecular weight is 276 g/mol. The number of nitrogens with one attached hydrogen (secondary N) is 1. The van der Waals surface area contributed by atoms with E-state index in [2.05, 4.69) is 5.32 Å². The zero-order chi connectivity index (χ0) is 14.5. The van der Waals surface area contributed by atoms with E-state index in [0.717, 1.165) is 25.9 Å². The van der Waals surface area contributed by atoms with Gasteiger partial charge in [-0.3, -0.25) is 14.5 Å². The Morgan fingerprint density at radius 1 is 1.25 bits per heavy atom. The molecule has 0 saturated carbocycles. The highest BCUT2D eigenvalue weighted by Crippen LogP contribution is 2.14. The molecular formula is C14H20N4O2. The summed E-state index contributed by atoms with van der Waals surface area (Å²) in [5, 5.41) is 2.99. The maximum Gasteiger partial charge on any atom is 0.253 e. The maximum atomic E-state index is 12.1. The second kappa shape index (κ2) is 6.38. The van der Waals surface area contributed by atoms with Crippen molar-refractivity contribution in [3.63, 3.8) is 0 Å². The molecule has 1 aromatic carbocycles. The predicted octanol–water partition coefficient (Wildman–Crippen LogP) is -0.0517. The van der Waals surface area contributed by atoms with Crippen LogP contribution in [-0.2, 0) is 4.79 Å². The van der Waals surface area contributed by atoms with Crippen LogP contribution in [0.2, 0.25) is 0 Å². The Kier molecular flexibility index (Phi) is 4.57. The van der Waals surface area contributed by atoms with E-state index in [4.69, 9.17) is 11.5 Å². The minimum atomic E-state index is -0.315. The number of hydrogen-bond donors (Lipinski definition) is 3. The lowest BCUT2D eigenvalue weighted by atomic mass is 10.0. The first-order chi connectivity index (χ1) is 9.56. The van der Waals surface area contributed by atoms with Gasteiger partial charge in [0, 0.05) is 24.8 Å². The summed E-state index contributed by atoms with van der Waals surface area (Å²) in [5.74, 6) is -0.457. The van der Waals surface area contributed by atoms with Gasteiger partial charge in [-0.05, 0) is 25.0 Å². The third-order valence-corrected chi connectivity index (χ3v) is 3.51. The number of nitrogens with zero attached hydrogens (tertiary/aromatic N) is 1. The number of hydrogen-bond acceptors (Lipinski definition) is 4. The summed E-state index contributed by atoms with van der Waals surface area (Å²) in [4.78, 5) is 25.0. The summed E-state index contributed by atoms with van der Waals surface area (Å²) in [6.07, 6.45) is 1.62. The van der Waals surface area contributed by atoms with E-state index in [1.54, 1.807) is 24.3 Å². The molecule has 2 rings (SSSR count). The van der Waals surface area contributed by atoms with Crippen LogP contribution in [-0.4, -0.2) is 42.4 Å². The van der Waals surface area contributed by atoms with Crippen LogP contribution in [0.15, 0.2) is 24.3 Å². The lowest BCUT2D eigenvalue weighted by Crippen LogP contribution is -2.46. The minimum absolute atomic E-state index is 0.117. The van der Waals surface area contributed by atoms with Crippen LogP contribution in [0.1, 0.15) is 23.2 Å². The van der Waals surface area contributed by atoms with E-state index < -0.39 is 0 Å². The number of amides is 2. The standard InChI is InChI=1S/C14H20N4O2/c15-12-4-2-1-3-11(12)14(20)17-10-5-7-18(8-6-10)9-13(16)19/h1-4,10H,5-9,15H2,(H2,16,19)(H,17,20). The molecule has 20 heavy (non-hydrogen) atoms. The van der Waals surface area contributed by atoms with Crippen molar-refractivity contribution < 1.29 is 9.59 Å². The van der Waals surface area contributed by atoms with Gasteiger partial charge in [0.1, 0.15) is 0 Å². The van der Waals surface area contributed by atoms with E-state index in [1.165, 1.54) is 0 Å². The van der Waals surface area contributed by atoms with E-state index in [1.807, 2.05) is 4.90 Å². The van der Waals surface area contributed by atoms with Crippen molar-refractivity contribution in [3.8, 4) is 0 Å². The van der Waals surface area contributed by atoms with E-state index in [-0.39, 0.29) is 24.4 Å². The van der Waals surface area contributed by atoms with Crippen LogP contribution >= 0.6 is 0 Å². The van der Waals surface area contributed by atoms with Gasteiger partial charge in [-0.1, -0.05) is 12.1 Å². The second-order valence-corrected chi connectivity index (χ2v) is 5.08. The largest absolute Gasteiger partial charge is 0.398 e. The molecule has 1 aliphatic heterocycles. The highest BCUT2D eigenvalue weighted by molar-refractivity contribution is 5.99. The molecule has 108 valence electrons. The molecule has 1 fully saturated rings. The summed E-state index contributed by atoms with van der Waals surface area (Å²) in [7, 11) is 0. The molecule has 6 heteroatoms. The third kappa shape index (κ3) is 3.71. The zero-order valence-electron chi connectivity index (χ0n) is 11.3. The molecule has 0 unspecified atom stereocenters. The van der Waals surface area contributed by atoms with Crippen molar-refractivity contribution >= 4 is 17.5 Å². The zero-order valence-corrected chi connectivity index (χ0v) is 11.3. The van der Waals surface area contributed by atoms with Crippen LogP contribution in [0.5, 0.6) is 0 Å². The molecule has 0 bridgehead atoms. The molecule has 1 aromatic rings. The van der Waals surface area contributed by atoms with Gasteiger partial charge >= 0.3 is 0 Å². The molecule has 1 saturated heterocycles. The van der Waals surface area contributed by atoms with Crippen molar-refractivity contribution in [1.29, 1.82) is 0 Å². The molecule has 0 aliphatic carbocycles. The van der Waals surface area contributed by atoms with Gasteiger partial charge in [0.2, 0.25) is 5.91 Å². The quantitative estimate of drug-likeness (QED) is 0.671. The molecule has 0 atom stereocenters. The highest BCUT2D eigenvalue weighted by Gasteiger charge is 2.22. The Bertz CT molecular complexity index is 496. The number of carbonyl (C=O) groups excluding carboxylic acids is 2. The van der Waals surface area contributed by atoms with Crippen molar-refractivity contribution in [1.82, 2.24) is 10.2 Å². The first-order valence-electron chi connectivity index (χ1n) is 6.72. The smallest absolute Gasteiger partial charge is 0.253 e. The number of benzene rings is 1. The number of anilines is 1. The molecule has 5 N–H and O–H groups in total. The fourth-order valence-corrected chi connectivity index (χ4v) is 2.42. The fourth-order valence-electron chi connectivity index (χ4n) is 2.42. The summed E-state index contributed by atoms with van der Waals surface area (Å²) >= 11 is 0. The first kappa shape index (κ1) is 14.3.